The number of amides is 2. The predicted octanol–water partition coefficient (Wildman–Crippen LogP) is 1.82. The van der Waals surface area contributed by atoms with Gasteiger partial charge in [-0.05, 0) is 43.5 Å². The van der Waals surface area contributed by atoms with E-state index in [2.05, 4.69) is 4.98 Å². The van der Waals surface area contributed by atoms with Gasteiger partial charge in [0.05, 0.1) is 12.8 Å². The topological polar surface area (TPSA) is 61.3 Å². The third-order valence-electron chi connectivity index (χ3n) is 5.05. The Bertz CT molecular complexity index is 790. The van der Waals surface area contributed by atoms with Crippen molar-refractivity contribution >= 4 is 11.8 Å². The van der Waals surface area contributed by atoms with Crippen molar-refractivity contribution in [3.8, 4) is 0 Å². The van der Waals surface area contributed by atoms with Gasteiger partial charge in [-0.2, -0.15) is 0 Å². The molecule has 6 nitrogen and oxygen atoms in total. The van der Waals surface area contributed by atoms with Crippen LogP contribution in [0.3, 0.4) is 0 Å². The number of carbonyl (C=O) groups excluding carboxylic acids is 2. The first kappa shape index (κ1) is 18.3. The number of aromatic amines is 1. The molecule has 1 aliphatic heterocycles. The zero-order valence-electron chi connectivity index (χ0n) is 15.9. The van der Waals surface area contributed by atoms with E-state index in [9.17, 15) is 9.59 Å². The molecule has 0 atom stereocenters. The van der Waals surface area contributed by atoms with Gasteiger partial charge in [-0.1, -0.05) is 0 Å². The number of carbonyl (C=O) groups is 2. The molecule has 3 rings (SSSR count). The third kappa shape index (κ3) is 4.36. The van der Waals surface area contributed by atoms with Crippen LogP contribution in [0.4, 0.5) is 0 Å². The summed E-state index contributed by atoms with van der Waals surface area (Å²) in [4.78, 5) is 32.3. The van der Waals surface area contributed by atoms with E-state index >= 15 is 0 Å². The Morgan fingerprint density at radius 3 is 2.23 bits per heavy atom. The van der Waals surface area contributed by atoms with Crippen LogP contribution < -0.4 is 0 Å². The van der Waals surface area contributed by atoms with Crippen molar-refractivity contribution in [2.45, 2.75) is 33.1 Å². The largest absolute Gasteiger partial charge is 0.362 e. The highest BCUT2D eigenvalue weighted by Crippen LogP contribution is 2.13. The minimum Gasteiger partial charge on any atom is -0.362 e. The Kier molecular flexibility index (Phi) is 5.49. The molecule has 26 heavy (non-hydrogen) atoms. The van der Waals surface area contributed by atoms with Crippen molar-refractivity contribution in [1.29, 1.82) is 0 Å². The Labute approximate surface area is 154 Å². The van der Waals surface area contributed by atoms with E-state index < -0.39 is 0 Å². The van der Waals surface area contributed by atoms with Crippen molar-refractivity contribution in [3.05, 3.63) is 47.0 Å². The molecule has 0 radical (unpaired) electrons. The number of H-pyrrole nitrogens is 1. The maximum absolute atomic E-state index is 12.7. The highest BCUT2D eigenvalue weighted by atomic mass is 16.2. The summed E-state index contributed by atoms with van der Waals surface area (Å²) in [5, 5.41) is 0. The Balaban J connectivity index is 1.54. The van der Waals surface area contributed by atoms with E-state index in [4.69, 9.17) is 0 Å². The van der Waals surface area contributed by atoms with Crippen molar-refractivity contribution in [2.24, 2.45) is 7.05 Å². The lowest BCUT2D eigenvalue weighted by Crippen LogP contribution is -2.38. The molecule has 0 bridgehead atoms. The minimum atomic E-state index is 0.141. The van der Waals surface area contributed by atoms with E-state index in [1.165, 1.54) is 0 Å². The Morgan fingerprint density at radius 1 is 1.04 bits per heavy atom. The monoisotopic (exact) mass is 356 g/mol. The second kappa shape index (κ2) is 7.81. The molecule has 0 saturated carbocycles. The summed E-state index contributed by atoms with van der Waals surface area (Å²) in [6.45, 7) is 6.67. The van der Waals surface area contributed by atoms with Crippen molar-refractivity contribution in [1.82, 2.24) is 19.4 Å². The summed E-state index contributed by atoms with van der Waals surface area (Å²) < 4.78 is 1.95. The van der Waals surface area contributed by atoms with Gasteiger partial charge in [-0.25, -0.2) is 0 Å². The molecule has 0 spiro atoms. The molecule has 2 amide bonds. The van der Waals surface area contributed by atoms with Gasteiger partial charge in [0.25, 0.3) is 0 Å². The summed E-state index contributed by atoms with van der Waals surface area (Å²) >= 11 is 0. The highest BCUT2D eigenvalue weighted by Gasteiger charge is 2.22. The van der Waals surface area contributed by atoms with E-state index in [0.29, 0.717) is 25.9 Å². The van der Waals surface area contributed by atoms with Gasteiger partial charge in [0.2, 0.25) is 11.8 Å². The molecule has 2 aromatic heterocycles. The lowest BCUT2D eigenvalue weighted by Gasteiger charge is -2.22. The van der Waals surface area contributed by atoms with Crippen LogP contribution in [0.15, 0.2) is 24.5 Å². The van der Waals surface area contributed by atoms with E-state index in [1.807, 2.05) is 59.8 Å². The van der Waals surface area contributed by atoms with Gasteiger partial charge in [-0.15, -0.1) is 0 Å². The molecular formula is C20H28N4O2. The fourth-order valence-corrected chi connectivity index (χ4v) is 3.61. The van der Waals surface area contributed by atoms with Crippen LogP contribution in [0.2, 0.25) is 0 Å². The van der Waals surface area contributed by atoms with E-state index in [1.54, 1.807) is 0 Å². The molecule has 1 saturated heterocycles. The quantitative estimate of drug-likeness (QED) is 0.908. The van der Waals surface area contributed by atoms with Crippen LogP contribution in [-0.2, 0) is 29.5 Å². The van der Waals surface area contributed by atoms with Gasteiger partial charge in [0.15, 0.2) is 0 Å². The first-order chi connectivity index (χ1) is 12.4. The zero-order valence-corrected chi connectivity index (χ0v) is 15.9. The molecule has 140 valence electrons. The van der Waals surface area contributed by atoms with Crippen LogP contribution in [0, 0.1) is 13.8 Å². The van der Waals surface area contributed by atoms with E-state index in [0.717, 1.165) is 42.0 Å². The fraction of sp³-hybridized carbons (Fsp3) is 0.500. The lowest BCUT2D eigenvalue weighted by molar-refractivity contribution is -0.132. The molecule has 3 heterocycles. The molecule has 2 aromatic rings. The average molecular weight is 356 g/mol. The standard InChI is InChI=1S/C20H28N4O2/c1-15-11-18(16(2)21-15)13-20(26)24-7-4-6-23(9-10-24)19(25)12-17-5-8-22(3)14-17/h5,8,11,14,21H,4,6-7,9-10,12-13H2,1-3H3. The highest BCUT2D eigenvalue weighted by molar-refractivity contribution is 5.80. The second-order valence-electron chi connectivity index (χ2n) is 7.26. The SMILES string of the molecule is Cc1cc(CC(=O)N2CCCN(C(=O)Cc3ccn(C)c3)CC2)c(C)[nH]1. The fourth-order valence-electron chi connectivity index (χ4n) is 3.61. The minimum absolute atomic E-state index is 0.141. The number of hydrogen-bond acceptors (Lipinski definition) is 2. The molecule has 0 aromatic carbocycles. The summed E-state index contributed by atoms with van der Waals surface area (Å²) in [5.41, 5.74) is 4.24. The van der Waals surface area contributed by atoms with Crippen molar-refractivity contribution in [2.75, 3.05) is 26.2 Å². The lowest BCUT2D eigenvalue weighted by atomic mass is 10.1. The molecular weight excluding hydrogens is 328 g/mol. The van der Waals surface area contributed by atoms with Gasteiger partial charge in [0, 0.05) is 57.0 Å². The average Bonchev–Trinajstić information content (AvgIpc) is 3.02. The number of nitrogens with zero attached hydrogens (tertiary/aromatic N) is 3. The number of aryl methyl sites for hydroxylation is 3. The molecule has 1 fully saturated rings. The zero-order chi connectivity index (χ0) is 18.7. The molecule has 0 aliphatic carbocycles. The molecule has 0 unspecified atom stereocenters. The second-order valence-corrected chi connectivity index (χ2v) is 7.26. The summed E-state index contributed by atoms with van der Waals surface area (Å²) in [7, 11) is 1.96. The molecule has 1 N–H and O–H groups in total. The van der Waals surface area contributed by atoms with Crippen molar-refractivity contribution < 1.29 is 9.59 Å². The smallest absolute Gasteiger partial charge is 0.227 e. The third-order valence-corrected chi connectivity index (χ3v) is 5.05. The van der Waals surface area contributed by atoms with Gasteiger partial charge in [-0.3, -0.25) is 9.59 Å². The van der Waals surface area contributed by atoms with Gasteiger partial charge < -0.3 is 19.4 Å². The van der Waals surface area contributed by atoms with Gasteiger partial charge >= 0.3 is 0 Å². The number of hydrogen-bond donors (Lipinski definition) is 1. The summed E-state index contributed by atoms with van der Waals surface area (Å²) in [6, 6.07) is 4.02. The number of rotatable bonds is 4. The summed E-state index contributed by atoms with van der Waals surface area (Å²) in [5.74, 6) is 0.284. The molecule has 1 aliphatic rings. The van der Waals surface area contributed by atoms with Crippen LogP contribution in [0.1, 0.15) is 28.9 Å². The maximum Gasteiger partial charge on any atom is 0.227 e. The van der Waals surface area contributed by atoms with Gasteiger partial charge in [0.1, 0.15) is 0 Å². The Morgan fingerprint density at radius 2 is 1.69 bits per heavy atom. The van der Waals surface area contributed by atoms with Crippen LogP contribution in [0.25, 0.3) is 0 Å². The normalized spacial score (nSPS) is 15.2. The first-order valence-electron chi connectivity index (χ1n) is 9.24. The Hall–Kier alpha value is -2.50. The molecule has 6 heteroatoms. The van der Waals surface area contributed by atoms with Crippen LogP contribution in [0.5, 0.6) is 0 Å². The maximum atomic E-state index is 12.7. The van der Waals surface area contributed by atoms with E-state index in [-0.39, 0.29) is 11.8 Å². The van der Waals surface area contributed by atoms with Crippen LogP contribution in [-0.4, -0.2) is 57.3 Å². The number of nitrogens with one attached hydrogen (secondary N) is 1. The first-order valence-corrected chi connectivity index (χ1v) is 9.24. The number of aromatic nitrogens is 2. The predicted molar refractivity (Wildman–Crippen MR) is 101 cm³/mol. The summed E-state index contributed by atoms with van der Waals surface area (Å²) in [6.07, 6.45) is 5.62. The van der Waals surface area contributed by atoms with Crippen molar-refractivity contribution in [3.63, 3.8) is 0 Å². The van der Waals surface area contributed by atoms with Crippen LogP contribution >= 0.6 is 0 Å².